The number of amides is 1. The second-order valence-corrected chi connectivity index (χ2v) is 6.27. The highest BCUT2D eigenvalue weighted by Crippen LogP contribution is 2.11. The minimum atomic E-state index is -0.163. The van der Waals surface area contributed by atoms with Crippen molar-refractivity contribution in [1.82, 2.24) is 15.5 Å². The fraction of sp³-hybridized carbons (Fsp3) is 0.833. The molecule has 25 heavy (non-hydrogen) atoms. The van der Waals surface area contributed by atoms with Crippen molar-refractivity contribution in [2.24, 2.45) is 4.99 Å². The van der Waals surface area contributed by atoms with Crippen molar-refractivity contribution in [3.8, 4) is 0 Å². The number of hydrogen-bond acceptors (Lipinski definition) is 4. The Morgan fingerprint density at radius 2 is 2.04 bits per heavy atom. The summed E-state index contributed by atoms with van der Waals surface area (Å²) in [6.07, 6.45) is 7.02. The predicted octanol–water partition coefficient (Wildman–Crippen LogP) is 1.68. The second kappa shape index (κ2) is 13.5. The van der Waals surface area contributed by atoms with E-state index < -0.39 is 0 Å². The molecule has 0 saturated carbocycles. The van der Waals surface area contributed by atoms with E-state index in [0.29, 0.717) is 19.4 Å². The van der Waals surface area contributed by atoms with E-state index in [0.717, 1.165) is 70.7 Å². The molecule has 0 bridgehead atoms. The lowest BCUT2D eigenvalue weighted by Crippen LogP contribution is -2.38. The van der Waals surface area contributed by atoms with E-state index in [1.807, 2.05) is 11.8 Å². The van der Waals surface area contributed by atoms with Gasteiger partial charge in [0.05, 0.1) is 7.11 Å². The number of aliphatic imine (C=N–C) groups is 1. The average Bonchev–Trinajstić information content (AvgIpc) is 2.82. The van der Waals surface area contributed by atoms with Crippen molar-refractivity contribution in [1.29, 1.82) is 0 Å². The van der Waals surface area contributed by atoms with Crippen LogP contribution in [0, 0.1) is 0 Å². The fourth-order valence-electron chi connectivity index (χ4n) is 2.77. The van der Waals surface area contributed by atoms with Crippen LogP contribution in [0.4, 0.5) is 0 Å². The van der Waals surface area contributed by atoms with Crippen molar-refractivity contribution in [3.63, 3.8) is 0 Å². The summed E-state index contributed by atoms with van der Waals surface area (Å²) >= 11 is 0. The van der Waals surface area contributed by atoms with Crippen LogP contribution in [0.15, 0.2) is 4.99 Å². The third kappa shape index (κ3) is 9.94. The molecule has 1 amide bonds. The van der Waals surface area contributed by atoms with Crippen LogP contribution in [-0.4, -0.2) is 62.6 Å². The van der Waals surface area contributed by atoms with Crippen LogP contribution >= 0.6 is 0 Å². The molecular weight excluding hydrogens is 320 g/mol. The van der Waals surface area contributed by atoms with Crippen molar-refractivity contribution in [3.05, 3.63) is 0 Å². The Kier molecular flexibility index (Phi) is 11.5. The number of likely N-dealkylation sites (tertiary alicyclic amines) is 1. The van der Waals surface area contributed by atoms with Gasteiger partial charge in [0.25, 0.3) is 0 Å². The van der Waals surface area contributed by atoms with E-state index in [4.69, 9.17) is 0 Å². The molecule has 0 aromatic heterocycles. The highest BCUT2D eigenvalue weighted by Gasteiger charge is 2.15. The first-order chi connectivity index (χ1) is 12.2. The molecule has 1 rings (SSSR count). The van der Waals surface area contributed by atoms with Crippen LogP contribution in [0.2, 0.25) is 0 Å². The maximum absolute atomic E-state index is 11.9. The van der Waals surface area contributed by atoms with E-state index in [1.54, 1.807) is 0 Å². The summed E-state index contributed by atoms with van der Waals surface area (Å²) in [6.45, 7) is 5.99. The molecule has 144 valence electrons. The average molecular weight is 354 g/mol. The molecule has 1 aliphatic rings. The number of methoxy groups -OCH3 is 1. The number of carbonyl (C=O) groups excluding carboxylic acids is 2. The molecular formula is C18H34N4O3. The first-order valence-corrected chi connectivity index (χ1v) is 9.54. The van der Waals surface area contributed by atoms with Gasteiger partial charge in [-0.05, 0) is 39.0 Å². The molecule has 7 nitrogen and oxygen atoms in total. The number of rotatable bonds is 10. The summed E-state index contributed by atoms with van der Waals surface area (Å²) in [6, 6.07) is 0. The zero-order valence-electron chi connectivity index (χ0n) is 15.8. The van der Waals surface area contributed by atoms with Crippen LogP contribution < -0.4 is 10.6 Å². The number of esters is 1. The van der Waals surface area contributed by atoms with Crippen molar-refractivity contribution >= 4 is 17.8 Å². The summed E-state index contributed by atoms with van der Waals surface area (Å²) in [5.41, 5.74) is 0. The van der Waals surface area contributed by atoms with Crippen LogP contribution in [0.25, 0.3) is 0 Å². The molecule has 1 fully saturated rings. The molecule has 0 aromatic carbocycles. The third-order valence-electron chi connectivity index (χ3n) is 4.20. The molecule has 0 spiro atoms. The number of hydrogen-bond donors (Lipinski definition) is 2. The van der Waals surface area contributed by atoms with E-state index in [-0.39, 0.29) is 11.9 Å². The van der Waals surface area contributed by atoms with Crippen LogP contribution in [0.5, 0.6) is 0 Å². The second-order valence-electron chi connectivity index (χ2n) is 6.27. The zero-order valence-corrected chi connectivity index (χ0v) is 15.8. The lowest BCUT2D eigenvalue weighted by atomic mass is 10.2. The summed E-state index contributed by atoms with van der Waals surface area (Å²) in [5.74, 6) is 0.920. The molecule has 0 aromatic rings. The number of nitrogens with zero attached hydrogens (tertiary/aromatic N) is 2. The third-order valence-corrected chi connectivity index (χ3v) is 4.20. The van der Waals surface area contributed by atoms with Gasteiger partial charge in [0, 0.05) is 45.6 Å². The van der Waals surface area contributed by atoms with E-state index in [1.165, 1.54) is 7.11 Å². The molecule has 7 heteroatoms. The smallest absolute Gasteiger partial charge is 0.305 e. The fourth-order valence-corrected chi connectivity index (χ4v) is 2.77. The predicted molar refractivity (Wildman–Crippen MR) is 99.5 cm³/mol. The van der Waals surface area contributed by atoms with Gasteiger partial charge >= 0.3 is 5.97 Å². The normalized spacial score (nSPS) is 15.7. The van der Waals surface area contributed by atoms with Gasteiger partial charge in [-0.25, -0.2) is 0 Å². The SMILES string of the molecule is CCNC(=NCCCN1CCCCCC1=O)NCCCCC(=O)OC. The van der Waals surface area contributed by atoms with Gasteiger partial charge in [0.15, 0.2) is 5.96 Å². The number of unbranched alkanes of at least 4 members (excludes halogenated alkanes) is 1. The molecule has 0 atom stereocenters. The standard InChI is InChI=1S/C18H34N4O3/c1-3-19-18(20-12-7-6-11-17(24)25-2)21-13-9-15-22-14-8-4-5-10-16(22)23/h3-15H2,1-2H3,(H2,19,20,21). The van der Waals surface area contributed by atoms with E-state index in [9.17, 15) is 9.59 Å². The van der Waals surface area contributed by atoms with Gasteiger partial charge in [0.1, 0.15) is 0 Å². The van der Waals surface area contributed by atoms with Gasteiger partial charge < -0.3 is 20.3 Å². The number of guanidine groups is 1. The topological polar surface area (TPSA) is 83.0 Å². The Bertz CT molecular complexity index is 427. The maximum Gasteiger partial charge on any atom is 0.305 e. The van der Waals surface area contributed by atoms with Gasteiger partial charge in [-0.1, -0.05) is 6.42 Å². The zero-order chi connectivity index (χ0) is 18.3. The monoisotopic (exact) mass is 354 g/mol. The summed E-state index contributed by atoms with van der Waals surface area (Å²) in [4.78, 5) is 29.5. The van der Waals surface area contributed by atoms with Crippen molar-refractivity contribution in [2.75, 3.05) is 39.8 Å². The summed E-state index contributed by atoms with van der Waals surface area (Å²) in [5, 5.41) is 6.49. The minimum Gasteiger partial charge on any atom is -0.469 e. The highest BCUT2D eigenvalue weighted by molar-refractivity contribution is 5.79. The van der Waals surface area contributed by atoms with Gasteiger partial charge in [0.2, 0.25) is 5.91 Å². The highest BCUT2D eigenvalue weighted by atomic mass is 16.5. The van der Waals surface area contributed by atoms with Gasteiger partial charge in [-0.3, -0.25) is 14.6 Å². The number of carbonyl (C=O) groups is 2. The Morgan fingerprint density at radius 1 is 1.20 bits per heavy atom. The minimum absolute atomic E-state index is 0.163. The Balaban J connectivity index is 2.22. The lowest BCUT2D eigenvalue weighted by Gasteiger charge is -2.20. The van der Waals surface area contributed by atoms with Crippen molar-refractivity contribution < 1.29 is 14.3 Å². The van der Waals surface area contributed by atoms with Crippen molar-refractivity contribution in [2.45, 2.75) is 58.3 Å². The van der Waals surface area contributed by atoms with Gasteiger partial charge in [-0.2, -0.15) is 0 Å². The summed E-state index contributed by atoms with van der Waals surface area (Å²) < 4.78 is 4.62. The largest absolute Gasteiger partial charge is 0.469 e. The quantitative estimate of drug-likeness (QED) is 0.270. The first-order valence-electron chi connectivity index (χ1n) is 9.54. The maximum atomic E-state index is 11.9. The van der Waals surface area contributed by atoms with Crippen LogP contribution in [-0.2, 0) is 14.3 Å². The molecule has 0 aliphatic carbocycles. The Morgan fingerprint density at radius 3 is 2.80 bits per heavy atom. The molecule has 1 heterocycles. The Hall–Kier alpha value is -1.79. The number of nitrogens with one attached hydrogen (secondary N) is 2. The van der Waals surface area contributed by atoms with E-state index >= 15 is 0 Å². The summed E-state index contributed by atoms with van der Waals surface area (Å²) in [7, 11) is 1.41. The molecule has 1 saturated heterocycles. The molecule has 2 N–H and O–H groups in total. The van der Waals surface area contributed by atoms with Gasteiger partial charge in [-0.15, -0.1) is 0 Å². The molecule has 0 radical (unpaired) electrons. The first kappa shape index (κ1) is 21.3. The van der Waals surface area contributed by atoms with Crippen LogP contribution in [0.1, 0.15) is 58.3 Å². The lowest BCUT2D eigenvalue weighted by molar-refractivity contribution is -0.140. The molecule has 1 aliphatic heterocycles. The molecule has 0 unspecified atom stereocenters. The Labute approximate surface area is 151 Å². The van der Waals surface area contributed by atoms with Crippen LogP contribution in [0.3, 0.4) is 0 Å². The van der Waals surface area contributed by atoms with E-state index in [2.05, 4.69) is 20.4 Å². The number of ether oxygens (including phenoxy) is 1.